The molecule has 2 aromatic carbocycles. The number of aromatic nitrogens is 5. The third-order valence-corrected chi connectivity index (χ3v) is 5.02. The topological polar surface area (TPSA) is 94.8 Å². The third-order valence-electron chi connectivity index (χ3n) is 4.15. The molecule has 29 heavy (non-hydrogen) atoms. The van der Waals surface area contributed by atoms with Gasteiger partial charge in [0, 0.05) is 22.1 Å². The molecule has 4 aromatic rings. The summed E-state index contributed by atoms with van der Waals surface area (Å²) in [5.74, 6) is 0.743. The number of ether oxygens (including phenoxy) is 1. The van der Waals surface area contributed by atoms with Crippen molar-refractivity contribution in [1.29, 1.82) is 0 Å². The molecule has 2 aromatic heterocycles. The first-order valence-corrected chi connectivity index (χ1v) is 9.68. The molecule has 1 N–H and O–H groups in total. The zero-order valence-electron chi connectivity index (χ0n) is 15.5. The van der Waals surface area contributed by atoms with Crippen molar-refractivity contribution in [3.05, 3.63) is 64.8 Å². The van der Waals surface area contributed by atoms with Crippen LogP contribution in [0, 0.1) is 6.92 Å². The van der Waals surface area contributed by atoms with Crippen LogP contribution in [-0.2, 0) is 0 Å². The summed E-state index contributed by atoms with van der Waals surface area (Å²) in [5, 5.41) is 12.0. The van der Waals surface area contributed by atoms with Gasteiger partial charge in [0.05, 0.1) is 12.8 Å². The van der Waals surface area contributed by atoms with E-state index in [9.17, 15) is 4.79 Å². The summed E-state index contributed by atoms with van der Waals surface area (Å²) in [5.41, 5.74) is 2.47. The molecule has 146 valence electrons. The molecule has 2 heterocycles. The van der Waals surface area contributed by atoms with E-state index in [1.165, 1.54) is 0 Å². The van der Waals surface area contributed by atoms with E-state index in [0.29, 0.717) is 33.0 Å². The zero-order valence-corrected chi connectivity index (χ0v) is 17.0. The molecule has 0 unspecified atom stereocenters. The van der Waals surface area contributed by atoms with Crippen LogP contribution in [0.4, 0.5) is 5.13 Å². The maximum absolute atomic E-state index is 12.4. The van der Waals surface area contributed by atoms with Gasteiger partial charge in [0.1, 0.15) is 11.4 Å². The van der Waals surface area contributed by atoms with Crippen molar-refractivity contribution in [2.75, 3.05) is 12.4 Å². The average Bonchev–Trinajstić information content (AvgIpc) is 3.34. The number of amides is 1. The molecule has 0 atom stereocenters. The first-order valence-electron chi connectivity index (χ1n) is 8.53. The van der Waals surface area contributed by atoms with Crippen molar-refractivity contribution >= 4 is 34.2 Å². The number of nitrogens with one attached hydrogen (secondary N) is 1. The summed E-state index contributed by atoms with van der Waals surface area (Å²) in [6.45, 7) is 1.87. The smallest absolute Gasteiger partial charge is 0.257 e. The maximum Gasteiger partial charge on any atom is 0.257 e. The lowest BCUT2D eigenvalue weighted by atomic mass is 10.2. The fourth-order valence-corrected chi connectivity index (χ4v) is 3.49. The zero-order chi connectivity index (χ0) is 20.4. The van der Waals surface area contributed by atoms with Crippen LogP contribution in [0.3, 0.4) is 0 Å². The van der Waals surface area contributed by atoms with E-state index in [2.05, 4.69) is 25.0 Å². The van der Waals surface area contributed by atoms with Crippen molar-refractivity contribution in [3.63, 3.8) is 0 Å². The highest BCUT2D eigenvalue weighted by Crippen LogP contribution is 2.27. The molecular weight excluding hydrogens is 412 g/mol. The quantitative estimate of drug-likeness (QED) is 0.518. The van der Waals surface area contributed by atoms with Crippen molar-refractivity contribution < 1.29 is 9.53 Å². The molecule has 10 heteroatoms. The summed E-state index contributed by atoms with van der Waals surface area (Å²) in [7, 11) is 1.60. The van der Waals surface area contributed by atoms with Gasteiger partial charge in [0.25, 0.3) is 5.91 Å². The van der Waals surface area contributed by atoms with Crippen LogP contribution in [0.5, 0.6) is 5.75 Å². The number of carbonyl (C=O) groups is 1. The number of halogens is 1. The van der Waals surface area contributed by atoms with Crippen molar-refractivity contribution in [1.82, 2.24) is 24.4 Å². The van der Waals surface area contributed by atoms with Crippen LogP contribution in [-0.4, -0.2) is 37.4 Å². The van der Waals surface area contributed by atoms with Gasteiger partial charge in [0.15, 0.2) is 11.5 Å². The average molecular weight is 427 g/mol. The van der Waals surface area contributed by atoms with Gasteiger partial charge in [-0.05, 0) is 37.3 Å². The Labute approximate surface area is 175 Å². The van der Waals surface area contributed by atoms with Crippen molar-refractivity contribution in [2.24, 2.45) is 0 Å². The van der Waals surface area contributed by atoms with E-state index < -0.39 is 0 Å². The number of nitrogens with zero attached hydrogens (tertiary/aromatic N) is 5. The van der Waals surface area contributed by atoms with Gasteiger partial charge in [-0.15, -0.1) is 5.10 Å². The lowest BCUT2D eigenvalue weighted by molar-refractivity contribution is 0.102. The highest BCUT2D eigenvalue weighted by Gasteiger charge is 2.19. The molecule has 0 spiro atoms. The van der Waals surface area contributed by atoms with E-state index in [1.54, 1.807) is 36.1 Å². The van der Waals surface area contributed by atoms with Crippen LogP contribution >= 0.6 is 23.1 Å². The molecule has 0 saturated carbocycles. The Hall–Kier alpha value is -3.30. The Morgan fingerprint density at radius 1 is 1.21 bits per heavy atom. The maximum atomic E-state index is 12.4. The third kappa shape index (κ3) is 3.82. The van der Waals surface area contributed by atoms with Crippen LogP contribution in [0.1, 0.15) is 16.1 Å². The van der Waals surface area contributed by atoms with E-state index in [1.807, 2.05) is 31.2 Å². The fraction of sp³-hybridized carbons (Fsp3) is 0.105. The summed E-state index contributed by atoms with van der Waals surface area (Å²) in [6.07, 6.45) is 0. The number of para-hydroxylation sites is 2. The van der Waals surface area contributed by atoms with Gasteiger partial charge in [-0.1, -0.05) is 35.0 Å². The van der Waals surface area contributed by atoms with Gasteiger partial charge in [-0.25, -0.2) is 4.68 Å². The fourth-order valence-electron chi connectivity index (χ4n) is 2.74. The lowest BCUT2D eigenvalue weighted by Gasteiger charge is -2.08. The van der Waals surface area contributed by atoms with Gasteiger partial charge < -0.3 is 4.74 Å². The normalized spacial score (nSPS) is 10.7. The second kappa shape index (κ2) is 7.98. The Kier molecular flexibility index (Phi) is 5.24. The number of carbonyl (C=O) groups excluding carboxylic acids is 1. The number of rotatable bonds is 5. The van der Waals surface area contributed by atoms with Gasteiger partial charge in [-0.2, -0.15) is 9.36 Å². The molecule has 8 nitrogen and oxygen atoms in total. The lowest BCUT2D eigenvalue weighted by Crippen LogP contribution is -2.11. The Bertz CT molecular complexity index is 1190. The SMILES string of the molecule is COc1ccccc1-n1nnc(-c2nsc(NC(=O)c3cccc(Cl)c3)n2)c1C. The minimum Gasteiger partial charge on any atom is -0.494 e. The monoisotopic (exact) mass is 426 g/mol. The molecule has 0 saturated heterocycles. The van der Waals surface area contributed by atoms with Gasteiger partial charge >= 0.3 is 0 Å². The molecule has 4 rings (SSSR count). The Morgan fingerprint density at radius 3 is 2.83 bits per heavy atom. The highest BCUT2D eigenvalue weighted by molar-refractivity contribution is 7.10. The second-order valence-electron chi connectivity index (χ2n) is 5.99. The predicted molar refractivity (Wildman–Crippen MR) is 111 cm³/mol. The molecule has 0 aliphatic rings. The number of hydrogen-bond donors (Lipinski definition) is 1. The summed E-state index contributed by atoms with van der Waals surface area (Å²) in [4.78, 5) is 16.7. The van der Waals surface area contributed by atoms with Crippen molar-refractivity contribution in [3.8, 4) is 23.0 Å². The number of anilines is 1. The van der Waals surface area contributed by atoms with Crippen LogP contribution in [0.25, 0.3) is 17.2 Å². The molecule has 0 fully saturated rings. The molecule has 0 aliphatic heterocycles. The van der Waals surface area contributed by atoms with Crippen LogP contribution in [0.2, 0.25) is 5.02 Å². The first-order chi connectivity index (χ1) is 14.1. The van der Waals surface area contributed by atoms with Gasteiger partial charge in [0.2, 0.25) is 5.13 Å². The predicted octanol–water partition coefficient (Wildman–Crippen LogP) is 4.01. The number of benzene rings is 2. The molecular formula is C19H15ClN6O2S. The minimum atomic E-state index is -0.315. The van der Waals surface area contributed by atoms with Crippen LogP contribution < -0.4 is 10.1 Å². The molecule has 0 radical (unpaired) electrons. The van der Waals surface area contributed by atoms with Gasteiger partial charge in [-0.3, -0.25) is 10.1 Å². The highest BCUT2D eigenvalue weighted by atomic mass is 35.5. The van der Waals surface area contributed by atoms with E-state index in [4.69, 9.17) is 16.3 Å². The van der Waals surface area contributed by atoms with E-state index in [0.717, 1.165) is 22.9 Å². The van der Waals surface area contributed by atoms with Crippen LogP contribution in [0.15, 0.2) is 48.5 Å². The summed E-state index contributed by atoms with van der Waals surface area (Å²) >= 11 is 7.00. The van der Waals surface area contributed by atoms with E-state index >= 15 is 0 Å². The standard InChI is InChI=1S/C19H15ClN6O2S/c1-11-16(23-25-26(11)14-8-3-4-9-15(14)28-2)17-21-19(29-24-17)22-18(27)12-6-5-7-13(20)10-12/h3-10H,1-2H3,(H,21,22,24,27). The Morgan fingerprint density at radius 2 is 2.03 bits per heavy atom. The first kappa shape index (κ1) is 19.0. The second-order valence-corrected chi connectivity index (χ2v) is 7.18. The Balaban J connectivity index is 1.59. The summed E-state index contributed by atoms with van der Waals surface area (Å²) < 4.78 is 11.4. The number of hydrogen-bond acceptors (Lipinski definition) is 7. The molecule has 0 aliphatic carbocycles. The number of methoxy groups -OCH3 is 1. The summed E-state index contributed by atoms with van der Waals surface area (Å²) in [6, 6.07) is 14.2. The van der Waals surface area contributed by atoms with Crippen molar-refractivity contribution in [2.45, 2.75) is 6.92 Å². The van der Waals surface area contributed by atoms with E-state index in [-0.39, 0.29) is 5.91 Å². The molecule has 1 amide bonds. The largest absolute Gasteiger partial charge is 0.494 e. The molecule has 0 bridgehead atoms. The minimum absolute atomic E-state index is 0.315.